The van der Waals surface area contributed by atoms with Gasteiger partial charge in [-0.25, -0.2) is 18.0 Å². The molecule has 1 fully saturated rings. The molecule has 0 radical (unpaired) electrons. The fourth-order valence-electron chi connectivity index (χ4n) is 3.36. The van der Waals surface area contributed by atoms with Crippen LogP contribution in [0.25, 0.3) is 0 Å². The molecule has 1 aromatic rings. The third-order valence-corrected chi connectivity index (χ3v) is 5.75. The molecule has 2 rings (SSSR count). The van der Waals surface area contributed by atoms with Crippen molar-refractivity contribution in [2.75, 3.05) is 13.7 Å². The Kier molecular flexibility index (Phi) is 5.11. The third kappa shape index (κ3) is 2.68. The van der Waals surface area contributed by atoms with Gasteiger partial charge in [0.2, 0.25) is 34.8 Å². The number of esters is 1. The van der Waals surface area contributed by atoms with E-state index in [4.69, 9.17) is 4.74 Å². The van der Waals surface area contributed by atoms with Crippen molar-refractivity contribution in [3.05, 3.63) is 29.1 Å². The number of hydrogen-bond donors (Lipinski definition) is 1. The number of aliphatic hydroxyl groups is 1. The van der Waals surface area contributed by atoms with Gasteiger partial charge in [-0.3, -0.25) is 0 Å². The van der Waals surface area contributed by atoms with E-state index in [1.165, 1.54) is 7.11 Å². The Hall–Kier alpha value is -1.74. The molecule has 0 spiro atoms. The summed E-state index contributed by atoms with van der Waals surface area (Å²) in [7, 11) is 1.44. The van der Waals surface area contributed by atoms with Crippen LogP contribution in [0, 0.1) is 39.9 Å². The summed E-state index contributed by atoms with van der Waals surface area (Å²) >= 11 is 0. The molecule has 0 aliphatic heterocycles. The average molecular weight is 382 g/mol. The van der Waals surface area contributed by atoms with Gasteiger partial charge in [0.05, 0.1) is 6.61 Å². The molecule has 4 nitrogen and oxygen atoms in total. The molecular weight excluding hydrogens is 363 g/mol. The quantitative estimate of drug-likeness (QED) is 0.285. The van der Waals surface area contributed by atoms with E-state index in [2.05, 4.69) is 4.74 Å². The van der Waals surface area contributed by atoms with Gasteiger partial charge in [-0.1, -0.05) is 20.8 Å². The van der Waals surface area contributed by atoms with Crippen LogP contribution in [0.1, 0.15) is 33.6 Å². The van der Waals surface area contributed by atoms with Gasteiger partial charge in [0.1, 0.15) is 0 Å². The van der Waals surface area contributed by atoms with Crippen molar-refractivity contribution in [1.29, 1.82) is 0 Å². The SMILES string of the molecule is COC[C@]1(C)CC[C@@](O)(C(=O)Oc2c(F)c(F)c(F)c(F)c2F)C1(C)C. The molecule has 1 N–H and O–H groups in total. The molecule has 146 valence electrons. The Morgan fingerprint density at radius 2 is 1.42 bits per heavy atom. The summed E-state index contributed by atoms with van der Waals surface area (Å²) in [5, 5.41) is 10.8. The highest BCUT2D eigenvalue weighted by atomic mass is 19.2. The maximum absolute atomic E-state index is 13.7. The Labute approximate surface area is 146 Å². The normalized spacial score (nSPS) is 27.6. The van der Waals surface area contributed by atoms with Crippen molar-refractivity contribution in [3.63, 3.8) is 0 Å². The first-order chi connectivity index (χ1) is 11.8. The van der Waals surface area contributed by atoms with Crippen LogP contribution in [0.15, 0.2) is 0 Å². The zero-order valence-corrected chi connectivity index (χ0v) is 14.7. The summed E-state index contributed by atoms with van der Waals surface area (Å²) in [4.78, 5) is 12.5. The second kappa shape index (κ2) is 6.45. The monoisotopic (exact) mass is 382 g/mol. The predicted octanol–water partition coefficient (Wildman–Crippen LogP) is 3.49. The Balaban J connectivity index is 2.43. The molecule has 1 aliphatic rings. The van der Waals surface area contributed by atoms with Crippen molar-refractivity contribution in [2.45, 2.75) is 39.2 Å². The van der Waals surface area contributed by atoms with Crippen molar-refractivity contribution < 1.29 is 41.3 Å². The fraction of sp³-hybridized carbons (Fsp3) is 0.588. The number of ether oxygens (including phenoxy) is 2. The van der Waals surface area contributed by atoms with Crippen LogP contribution in [0.5, 0.6) is 5.75 Å². The lowest BCUT2D eigenvalue weighted by Gasteiger charge is -2.44. The highest BCUT2D eigenvalue weighted by Gasteiger charge is 2.64. The van der Waals surface area contributed by atoms with E-state index in [1.807, 2.05) is 0 Å². The highest BCUT2D eigenvalue weighted by Crippen LogP contribution is 2.58. The summed E-state index contributed by atoms with van der Waals surface area (Å²) < 4.78 is 76.7. The minimum atomic E-state index is -2.37. The van der Waals surface area contributed by atoms with Crippen LogP contribution in [0.4, 0.5) is 22.0 Å². The third-order valence-electron chi connectivity index (χ3n) is 5.75. The summed E-state index contributed by atoms with van der Waals surface area (Å²) in [6.45, 7) is 5.01. The van der Waals surface area contributed by atoms with Crippen molar-refractivity contribution in [3.8, 4) is 5.75 Å². The van der Waals surface area contributed by atoms with Crippen LogP contribution < -0.4 is 4.74 Å². The minimum Gasteiger partial charge on any atom is -0.418 e. The van der Waals surface area contributed by atoms with Crippen LogP contribution in [0.2, 0.25) is 0 Å². The van der Waals surface area contributed by atoms with Crippen molar-refractivity contribution in [1.82, 2.24) is 0 Å². The van der Waals surface area contributed by atoms with Gasteiger partial charge in [-0.15, -0.1) is 0 Å². The number of hydrogen-bond acceptors (Lipinski definition) is 4. The number of halogens is 5. The molecule has 9 heteroatoms. The predicted molar refractivity (Wildman–Crippen MR) is 79.8 cm³/mol. The Morgan fingerprint density at radius 1 is 0.962 bits per heavy atom. The number of carbonyl (C=O) groups excluding carboxylic acids is 1. The van der Waals surface area contributed by atoms with Gasteiger partial charge in [-0.2, -0.15) is 8.78 Å². The molecular formula is C17H19F5O4. The fourth-order valence-corrected chi connectivity index (χ4v) is 3.36. The highest BCUT2D eigenvalue weighted by molar-refractivity contribution is 5.83. The molecule has 1 saturated carbocycles. The summed E-state index contributed by atoms with van der Waals surface area (Å²) in [6.07, 6.45) is 0.185. The molecule has 26 heavy (non-hydrogen) atoms. The molecule has 1 aliphatic carbocycles. The molecule has 0 bridgehead atoms. The number of methoxy groups -OCH3 is 1. The van der Waals surface area contributed by atoms with E-state index in [-0.39, 0.29) is 13.0 Å². The zero-order chi connectivity index (χ0) is 20.1. The van der Waals surface area contributed by atoms with Crippen LogP contribution in [0.3, 0.4) is 0 Å². The topological polar surface area (TPSA) is 55.8 Å². The van der Waals surface area contributed by atoms with Gasteiger partial charge in [0, 0.05) is 12.5 Å². The Morgan fingerprint density at radius 3 is 1.88 bits per heavy atom. The standard InChI is InChI=1S/C17H19F5O4/c1-15(2)16(3,7-25-4)5-6-17(15,24)14(23)26-13-11(21)9(19)8(18)10(20)12(13)22/h24H,5-7H2,1-4H3/t16-,17+/m0/s1. The van der Waals surface area contributed by atoms with Gasteiger partial charge in [0.15, 0.2) is 5.60 Å². The summed E-state index contributed by atoms with van der Waals surface area (Å²) in [5.41, 5.74) is -4.07. The maximum Gasteiger partial charge on any atom is 0.344 e. The molecule has 0 aromatic heterocycles. The van der Waals surface area contributed by atoms with E-state index in [9.17, 15) is 31.9 Å². The molecule has 0 saturated heterocycles. The van der Waals surface area contributed by atoms with Crippen molar-refractivity contribution >= 4 is 5.97 Å². The first-order valence-electron chi connectivity index (χ1n) is 7.79. The van der Waals surface area contributed by atoms with E-state index >= 15 is 0 Å². The van der Waals surface area contributed by atoms with Gasteiger partial charge in [0.25, 0.3) is 0 Å². The molecule has 1 aromatic carbocycles. The maximum atomic E-state index is 13.7. The van der Waals surface area contributed by atoms with Gasteiger partial charge in [-0.05, 0) is 18.3 Å². The average Bonchev–Trinajstić information content (AvgIpc) is 2.76. The lowest BCUT2D eigenvalue weighted by molar-refractivity contribution is -0.173. The van der Waals surface area contributed by atoms with Crippen LogP contribution >= 0.6 is 0 Å². The zero-order valence-electron chi connectivity index (χ0n) is 14.7. The van der Waals surface area contributed by atoms with Gasteiger partial charge < -0.3 is 14.6 Å². The number of benzene rings is 1. The summed E-state index contributed by atoms with van der Waals surface area (Å²) in [5.74, 6) is -14.7. The molecule has 0 heterocycles. The first-order valence-corrected chi connectivity index (χ1v) is 7.79. The molecule has 2 atom stereocenters. The van der Waals surface area contributed by atoms with E-state index in [0.29, 0.717) is 6.42 Å². The molecule has 0 unspecified atom stereocenters. The van der Waals surface area contributed by atoms with E-state index < -0.39 is 57.2 Å². The summed E-state index contributed by atoms with van der Waals surface area (Å²) in [6, 6.07) is 0. The molecule has 0 amide bonds. The first kappa shape index (κ1) is 20.6. The number of rotatable bonds is 4. The van der Waals surface area contributed by atoms with Gasteiger partial charge >= 0.3 is 5.97 Å². The van der Waals surface area contributed by atoms with Crippen molar-refractivity contribution in [2.24, 2.45) is 10.8 Å². The van der Waals surface area contributed by atoms with E-state index in [0.717, 1.165) is 0 Å². The smallest absolute Gasteiger partial charge is 0.344 e. The van der Waals surface area contributed by atoms with Crippen LogP contribution in [-0.4, -0.2) is 30.4 Å². The lowest BCUT2D eigenvalue weighted by atomic mass is 9.64. The van der Waals surface area contributed by atoms with E-state index in [1.54, 1.807) is 20.8 Å². The Bertz CT molecular complexity index is 722. The minimum absolute atomic E-state index is 0.131. The number of carbonyl (C=O) groups is 1. The lowest BCUT2D eigenvalue weighted by Crippen LogP contribution is -2.55. The second-order valence-corrected chi connectivity index (χ2v) is 7.27. The largest absolute Gasteiger partial charge is 0.418 e. The van der Waals surface area contributed by atoms with Crippen LogP contribution in [-0.2, 0) is 9.53 Å². The second-order valence-electron chi connectivity index (χ2n) is 7.27.